The number of rotatable bonds is 2. The summed E-state index contributed by atoms with van der Waals surface area (Å²) in [5.41, 5.74) is 5.94. The molecular weight excluding hydrogens is 174 g/mol. The molecule has 1 aliphatic heterocycles. The second kappa shape index (κ2) is 5.89. The van der Waals surface area contributed by atoms with Gasteiger partial charge in [-0.25, -0.2) is 0 Å². The molecule has 0 radical (unpaired) electrons. The molecule has 3 nitrogen and oxygen atoms in total. The van der Waals surface area contributed by atoms with Crippen LogP contribution in [0.1, 0.15) is 39.5 Å². The van der Waals surface area contributed by atoms with Crippen LogP contribution in [0.5, 0.6) is 0 Å². The SMILES string of the molecule is CC(C)CN=C(N)N1CCCCCC1. The summed E-state index contributed by atoms with van der Waals surface area (Å²) < 4.78 is 0. The average Bonchev–Trinajstić information content (AvgIpc) is 2.42. The molecule has 0 amide bonds. The highest BCUT2D eigenvalue weighted by Gasteiger charge is 2.10. The van der Waals surface area contributed by atoms with Crippen molar-refractivity contribution < 1.29 is 0 Å². The molecule has 0 aromatic heterocycles. The highest BCUT2D eigenvalue weighted by Crippen LogP contribution is 2.09. The molecule has 0 aromatic carbocycles. The quantitative estimate of drug-likeness (QED) is 0.542. The molecule has 3 heteroatoms. The molecule has 0 atom stereocenters. The standard InChI is InChI=1S/C11H23N3/c1-10(2)9-13-11(12)14-7-5-3-4-6-8-14/h10H,3-9H2,1-2H3,(H2,12,13). The van der Waals surface area contributed by atoms with Crippen molar-refractivity contribution in [2.75, 3.05) is 19.6 Å². The van der Waals surface area contributed by atoms with Crippen LogP contribution < -0.4 is 5.73 Å². The molecule has 0 aromatic rings. The van der Waals surface area contributed by atoms with E-state index in [1.54, 1.807) is 0 Å². The minimum atomic E-state index is 0.598. The largest absolute Gasteiger partial charge is 0.370 e. The summed E-state index contributed by atoms with van der Waals surface area (Å²) in [6.07, 6.45) is 5.21. The van der Waals surface area contributed by atoms with Gasteiger partial charge in [0.2, 0.25) is 0 Å². The van der Waals surface area contributed by atoms with Crippen molar-refractivity contribution in [3.8, 4) is 0 Å². The van der Waals surface area contributed by atoms with Gasteiger partial charge in [0.25, 0.3) is 0 Å². The van der Waals surface area contributed by atoms with Gasteiger partial charge in [0.1, 0.15) is 0 Å². The molecule has 1 saturated heterocycles. The van der Waals surface area contributed by atoms with Crippen LogP contribution in [0, 0.1) is 5.92 Å². The summed E-state index contributed by atoms with van der Waals surface area (Å²) in [7, 11) is 0. The van der Waals surface area contributed by atoms with Crippen LogP contribution in [-0.2, 0) is 0 Å². The van der Waals surface area contributed by atoms with Gasteiger partial charge in [-0.05, 0) is 18.8 Å². The predicted octanol–water partition coefficient (Wildman–Crippen LogP) is 1.83. The third kappa shape index (κ3) is 3.99. The Morgan fingerprint density at radius 3 is 2.29 bits per heavy atom. The van der Waals surface area contributed by atoms with Crippen LogP contribution in [0.15, 0.2) is 4.99 Å². The lowest BCUT2D eigenvalue weighted by atomic mass is 10.2. The van der Waals surface area contributed by atoms with E-state index >= 15 is 0 Å². The van der Waals surface area contributed by atoms with E-state index in [2.05, 4.69) is 23.7 Å². The maximum Gasteiger partial charge on any atom is 0.191 e. The first-order chi connectivity index (χ1) is 6.70. The molecule has 0 bridgehead atoms. The van der Waals surface area contributed by atoms with Crippen LogP contribution in [0.2, 0.25) is 0 Å². The lowest BCUT2D eigenvalue weighted by molar-refractivity contribution is 0.427. The summed E-state index contributed by atoms with van der Waals surface area (Å²) in [6, 6.07) is 0. The molecule has 82 valence electrons. The first kappa shape index (κ1) is 11.3. The van der Waals surface area contributed by atoms with Crippen molar-refractivity contribution in [3.05, 3.63) is 0 Å². The number of aliphatic imine (C=N–C) groups is 1. The third-order valence-corrected chi connectivity index (χ3v) is 2.55. The molecule has 2 N–H and O–H groups in total. The van der Waals surface area contributed by atoms with Crippen molar-refractivity contribution in [1.29, 1.82) is 0 Å². The molecule has 14 heavy (non-hydrogen) atoms. The monoisotopic (exact) mass is 197 g/mol. The van der Waals surface area contributed by atoms with Gasteiger partial charge in [0.15, 0.2) is 5.96 Å². The van der Waals surface area contributed by atoms with Gasteiger partial charge in [0.05, 0.1) is 0 Å². The zero-order valence-electron chi connectivity index (χ0n) is 9.50. The fourth-order valence-corrected chi connectivity index (χ4v) is 1.68. The van der Waals surface area contributed by atoms with Crippen molar-refractivity contribution in [2.24, 2.45) is 16.6 Å². The summed E-state index contributed by atoms with van der Waals surface area (Å²) in [4.78, 5) is 6.64. The lowest BCUT2D eigenvalue weighted by Gasteiger charge is -2.21. The smallest absolute Gasteiger partial charge is 0.191 e. The number of nitrogens with zero attached hydrogens (tertiary/aromatic N) is 2. The molecule has 0 aliphatic carbocycles. The molecule has 1 fully saturated rings. The first-order valence-electron chi connectivity index (χ1n) is 5.75. The van der Waals surface area contributed by atoms with Crippen molar-refractivity contribution in [1.82, 2.24) is 4.90 Å². The maximum absolute atomic E-state index is 5.94. The normalized spacial score (nSPS) is 19.9. The zero-order chi connectivity index (χ0) is 10.4. The van der Waals surface area contributed by atoms with Gasteiger partial charge in [-0.2, -0.15) is 0 Å². The van der Waals surface area contributed by atoms with Gasteiger partial charge in [-0.3, -0.25) is 4.99 Å². The maximum atomic E-state index is 5.94. The molecule has 0 spiro atoms. The van der Waals surface area contributed by atoms with E-state index in [4.69, 9.17) is 5.73 Å². The zero-order valence-corrected chi connectivity index (χ0v) is 9.50. The summed E-state index contributed by atoms with van der Waals surface area (Å²) >= 11 is 0. The van der Waals surface area contributed by atoms with E-state index in [-0.39, 0.29) is 0 Å². The van der Waals surface area contributed by atoms with Gasteiger partial charge in [0, 0.05) is 19.6 Å². The summed E-state index contributed by atoms with van der Waals surface area (Å²) in [5, 5.41) is 0. The Hall–Kier alpha value is -0.730. The number of likely N-dealkylation sites (tertiary alicyclic amines) is 1. The van der Waals surface area contributed by atoms with E-state index in [1.165, 1.54) is 25.7 Å². The van der Waals surface area contributed by atoms with Gasteiger partial charge in [-0.15, -0.1) is 0 Å². The van der Waals surface area contributed by atoms with Crippen LogP contribution in [0.3, 0.4) is 0 Å². The lowest BCUT2D eigenvalue weighted by Crippen LogP contribution is -2.38. The second-order valence-corrected chi connectivity index (χ2v) is 4.49. The number of hydrogen-bond donors (Lipinski definition) is 1. The van der Waals surface area contributed by atoms with E-state index in [9.17, 15) is 0 Å². The van der Waals surface area contributed by atoms with E-state index in [0.29, 0.717) is 5.92 Å². The molecule has 1 rings (SSSR count). The fraction of sp³-hybridized carbons (Fsp3) is 0.909. The Bertz CT molecular complexity index is 179. The van der Waals surface area contributed by atoms with Gasteiger partial charge in [-0.1, -0.05) is 26.7 Å². The average molecular weight is 197 g/mol. The first-order valence-corrected chi connectivity index (χ1v) is 5.75. The topological polar surface area (TPSA) is 41.6 Å². The van der Waals surface area contributed by atoms with Crippen molar-refractivity contribution in [3.63, 3.8) is 0 Å². The highest BCUT2D eigenvalue weighted by molar-refractivity contribution is 5.78. The Labute approximate surface area is 87.4 Å². The summed E-state index contributed by atoms with van der Waals surface area (Å²) in [6.45, 7) is 7.36. The van der Waals surface area contributed by atoms with Gasteiger partial charge >= 0.3 is 0 Å². The van der Waals surface area contributed by atoms with Crippen molar-refractivity contribution in [2.45, 2.75) is 39.5 Å². The van der Waals surface area contributed by atoms with E-state index in [1.807, 2.05) is 0 Å². The number of nitrogens with two attached hydrogens (primary N) is 1. The van der Waals surface area contributed by atoms with Crippen LogP contribution in [0.25, 0.3) is 0 Å². The minimum Gasteiger partial charge on any atom is -0.370 e. The fourth-order valence-electron chi connectivity index (χ4n) is 1.68. The van der Waals surface area contributed by atoms with E-state index < -0.39 is 0 Å². The third-order valence-electron chi connectivity index (χ3n) is 2.55. The summed E-state index contributed by atoms with van der Waals surface area (Å²) in [5.74, 6) is 1.35. The molecule has 1 aliphatic rings. The molecular formula is C11H23N3. The van der Waals surface area contributed by atoms with Gasteiger partial charge < -0.3 is 10.6 Å². The second-order valence-electron chi connectivity index (χ2n) is 4.49. The minimum absolute atomic E-state index is 0.598. The van der Waals surface area contributed by atoms with Crippen molar-refractivity contribution >= 4 is 5.96 Å². The van der Waals surface area contributed by atoms with Crippen LogP contribution in [0.4, 0.5) is 0 Å². The Morgan fingerprint density at radius 1 is 1.21 bits per heavy atom. The number of hydrogen-bond acceptors (Lipinski definition) is 1. The predicted molar refractivity (Wildman–Crippen MR) is 61.4 cm³/mol. The van der Waals surface area contributed by atoms with Crippen LogP contribution >= 0.6 is 0 Å². The molecule has 0 saturated carbocycles. The van der Waals surface area contributed by atoms with E-state index in [0.717, 1.165) is 25.6 Å². The highest BCUT2D eigenvalue weighted by atomic mass is 15.2. The number of guanidine groups is 1. The molecule has 1 heterocycles. The Balaban J connectivity index is 2.40. The Morgan fingerprint density at radius 2 is 1.79 bits per heavy atom. The molecule has 0 unspecified atom stereocenters. The van der Waals surface area contributed by atoms with Crippen LogP contribution in [-0.4, -0.2) is 30.5 Å². The Kier molecular flexibility index (Phi) is 4.77.